The summed E-state index contributed by atoms with van der Waals surface area (Å²) in [5.41, 5.74) is 28.6. The van der Waals surface area contributed by atoms with Crippen LogP contribution in [0.1, 0.15) is 153 Å². The molecular weight excluding hydrogens is 1330 g/mol. The molecule has 18 rings (SSSR count). The van der Waals surface area contributed by atoms with Crippen molar-refractivity contribution in [2.45, 2.75) is 145 Å². The van der Waals surface area contributed by atoms with Gasteiger partial charge in [0.25, 0.3) is 0 Å². The van der Waals surface area contributed by atoms with Gasteiger partial charge < -0.3 is 26.5 Å². The van der Waals surface area contributed by atoms with E-state index < -0.39 is 0 Å². The summed E-state index contributed by atoms with van der Waals surface area (Å²) in [6, 6.07) is 83.0. The normalized spacial score (nSPS) is 12.4. The standard InChI is InChI=1S/3C33H31NO2/c1-20(2)15-22-9-14-30-27(17-22)28-19-23(16-21(3)4)18-26(32(28)35-30)24-10-12-25(13-11-24)33-34-29-7-5-6-8-31(29)36-33;1-5-20(3)24-15-16-30-27(17-24)28-19-25(21(4)6-2)18-26(32(28)35-30)22-11-13-23(14-12-22)33-34-29-9-7-8-10-31(29)36-33;1-3-5-9-22-13-18-30-27(19-22)28-21-23(10-6-4-2)20-26(32(28)35-30)24-14-16-25(17-15-24)33-34-29-11-7-8-12-31(29)36-33/h5-14,17-21H,15-16H2,1-4H3;7-21H,5-6H2,1-4H3;7-8,11-21H,3-6,9-10H2,1-2H3. The fraction of sp³-hybridized carbons (Fsp3) is 0.242. The number of hydrogen-bond acceptors (Lipinski definition) is 9. The molecule has 0 aliphatic rings. The number of hydrogen-bond donors (Lipinski definition) is 0. The van der Waals surface area contributed by atoms with E-state index in [1.54, 1.807) is 0 Å². The molecule has 0 saturated heterocycles. The summed E-state index contributed by atoms with van der Waals surface area (Å²) < 4.78 is 37.4. The number of oxazole rings is 3. The van der Waals surface area contributed by atoms with Crippen molar-refractivity contribution < 1.29 is 26.5 Å². The monoisotopic (exact) mass is 1420 g/mol. The van der Waals surface area contributed by atoms with Gasteiger partial charge in [-0.15, -0.1) is 0 Å². The fourth-order valence-electron chi connectivity index (χ4n) is 15.2. The average molecular weight is 1420 g/mol. The summed E-state index contributed by atoms with van der Waals surface area (Å²) in [7, 11) is 0. The van der Waals surface area contributed by atoms with Crippen LogP contribution in [0.3, 0.4) is 0 Å². The smallest absolute Gasteiger partial charge is 0.227 e. The molecule has 2 atom stereocenters. The van der Waals surface area contributed by atoms with E-state index in [4.69, 9.17) is 26.5 Å². The Morgan fingerprint density at radius 1 is 0.278 bits per heavy atom. The zero-order chi connectivity index (χ0) is 74.1. The molecule has 0 N–H and O–H groups in total. The molecular formula is C99H93N3O6. The lowest BCUT2D eigenvalue weighted by atomic mass is 9.91. The largest absolute Gasteiger partial charge is 0.455 e. The minimum absolute atomic E-state index is 0.467. The van der Waals surface area contributed by atoms with Crippen molar-refractivity contribution in [1.82, 2.24) is 15.0 Å². The summed E-state index contributed by atoms with van der Waals surface area (Å²) in [6.07, 6.45) is 11.3. The number of aryl methyl sites for hydroxylation is 2. The summed E-state index contributed by atoms with van der Waals surface area (Å²) in [5, 5.41) is 7.25. The highest BCUT2D eigenvalue weighted by Gasteiger charge is 2.22. The van der Waals surface area contributed by atoms with Gasteiger partial charge >= 0.3 is 0 Å². The van der Waals surface area contributed by atoms with Crippen molar-refractivity contribution in [3.63, 3.8) is 0 Å². The van der Waals surface area contributed by atoms with Gasteiger partial charge in [0.05, 0.1) is 0 Å². The maximum atomic E-state index is 6.50. The predicted octanol–water partition coefficient (Wildman–Crippen LogP) is 29.3. The van der Waals surface area contributed by atoms with Crippen molar-refractivity contribution in [2.24, 2.45) is 11.8 Å². The number of aromatic nitrogens is 3. The first-order chi connectivity index (χ1) is 52.7. The Balaban J connectivity index is 0.000000124. The molecule has 0 bridgehead atoms. The number of benzene rings is 12. The Labute approximate surface area is 631 Å². The van der Waals surface area contributed by atoms with Gasteiger partial charge in [-0.1, -0.05) is 173 Å². The Bertz CT molecular complexity index is 6130. The number of unbranched alkanes of at least 4 members (excludes halogenated alkanes) is 2. The van der Waals surface area contributed by atoms with Crippen molar-refractivity contribution in [3.8, 4) is 67.7 Å². The highest BCUT2D eigenvalue weighted by Crippen LogP contribution is 2.44. The molecule has 6 heterocycles. The number of fused-ring (bicyclic) bond motifs is 12. The van der Waals surface area contributed by atoms with Crippen LogP contribution < -0.4 is 0 Å². The van der Waals surface area contributed by atoms with Crippen molar-refractivity contribution in [3.05, 3.63) is 270 Å². The quantitative estimate of drug-likeness (QED) is 0.0735. The van der Waals surface area contributed by atoms with Crippen LogP contribution in [0, 0.1) is 11.8 Å². The van der Waals surface area contributed by atoms with Gasteiger partial charge in [0.2, 0.25) is 17.7 Å². The lowest BCUT2D eigenvalue weighted by molar-refractivity contribution is 0.619. The van der Waals surface area contributed by atoms with E-state index in [0.717, 1.165) is 155 Å². The van der Waals surface area contributed by atoms with Crippen molar-refractivity contribution >= 4 is 99.1 Å². The van der Waals surface area contributed by atoms with E-state index in [0.29, 0.717) is 41.3 Å². The van der Waals surface area contributed by atoms with Crippen LogP contribution in [-0.4, -0.2) is 15.0 Å². The topological polar surface area (TPSA) is 118 Å². The van der Waals surface area contributed by atoms with Crippen LogP contribution in [-0.2, 0) is 25.7 Å². The van der Waals surface area contributed by atoms with Crippen LogP contribution in [0.5, 0.6) is 0 Å². The summed E-state index contributed by atoms with van der Waals surface area (Å²) >= 11 is 0. The predicted molar refractivity (Wildman–Crippen MR) is 448 cm³/mol. The molecule has 18 aromatic rings. The number of nitrogens with zero attached hydrogens (tertiary/aromatic N) is 3. The van der Waals surface area contributed by atoms with Gasteiger partial charge in [0, 0.05) is 65.7 Å². The van der Waals surface area contributed by atoms with Crippen LogP contribution in [0.15, 0.2) is 263 Å². The van der Waals surface area contributed by atoms with E-state index in [1.165, 1.54) is 91.4 Å². The van der Waals surface area contributed by atoms with E-state index in [-0.39, 0.29) is 0 Å². The first kappa shape index (κ1) is 70.7. The van der Waals surface area contributed by atoms with Gasteiger partial charge in [-0.3, -0.25) is 0 Å². The highest BCUT2D eigenvalue weighted by atomic mass is 16.4. The third-order valence-electron chi connectivity index (χ3n) is 21.5. The molecule has 0 radical (unpaired) electrons. The number of para-hydroxylation sites is 6. The van der Waals surface area contributed by atoms with Gasteiger partial charge in [-0.2, -0.15) is 0 Å². The molecule has 540 valence electrons. The van der Waals surface area contributed by atoms with E-state index in [9.17, 15) is 0 Å². The molecule has 108 heavy (non-hydrogen) atoms. The van der Waals surface area contributed by atoms with E-state index in [2.05, 4.69) is 248 Å². The molecule has 9 nitrogen and oxygen atoms in total. The average Bonchev–Trinajstić information content (AvgIpc) is 1.59. The third-order valence-corrected chi connectivity index (χ3v) is 21.5. The summed E-state index contributed by atoms with van der Waals surface area (Å²) in [6.45, 7) is 22.6. The molecule has 0 aliphatic carbocycles. The van der Waals surface area contributed by atoms with Gasteiger partial charge in [0.1, 0.15) is 50.0 Å². The lowest BCUT2D eigenvalue weighted by Crippen LogP contribution is -1.95. The molecule has 0 amide bonds. The van der Waals surface area contributed by atoms with Crippen LogP contribution in [0.4, 0.5) is 0 Å². The molecule has 2 unspecified atom stereocenters. The maximum Gasteiger partial charge on any atom is 0.227 e. The Morgan fingerprint density at radius 2 is 0.620 bits per heavy atom. The van der Waals surface area contributed by atoms with E-state index in [1.807, 2.05) is 72.8 Å². The zero-order valence-electron chi connectivity index (χ0n) is 63.7. The number of rotatable bonds is 20. The Morgan fingerprint density at radius 3 is 1.06 bits per heavy atom. The zero-order valence-corrected chi connectivity index (χ0v) is 63.7. The Hall–Kier alpha value is -11.6. The lowest BCUT2D eigenvalue weighted by Gasteiger charge is -2.13. The number of furan rings is 3. The maximum absolute atomic E-state index is 6.50. The first-order valence-electron chi connectivity index (χ1n) is 39.1. The first-order valence-corrected chi connectivity index (χ1v) is 39.1. The molecule has 12 aromatic carbocycles. The molecule has 9 heteroatoms. The van der Waals surface area contributed by atoms with E-state index >= 15 is 0 Å². The SMILES string of the molecule is CC(C)Cc1ccc2oc3c(-c4ccc(-c5nc6ccccc6o5)cc4)cc(CC(C)C)cc3c2c1.CCC(C)c1ccc2oc3c(-c4ccc(-c5nc6ccccc6o5)cc4)cc(C(C)CC)cc3c2c1.CCCCc1ccc2oc3c(-c4ccc(-c5nc6ccccc6o5)cc4)cc(CCCC)cc3c2c1. The second-order valence-electron chi connectivity index (χ2n) is 30.4. The third kappa shape index (κ3) is 14.5. The molecule has 0 aliphatic heterocycles. The van der Waals surface area contributed by atoms with Crippen LogP contribution >= 0.6 is 0 Å². The molecule has 0 saturated carbocycles. The highest BCUT2D eigenvalue weighted by molar-refractivity contribution is 6.13. The fourth-order valence-corrected chi connectivity index (χ4v) is 15.2. The van der Waals surface area contributed by atoms with Gasteiger partial charge in [0.15, 0.2) is 16.7 Å². The summed E-state index contributed by atoms with van der Waals surface area (Å²) in [5.74, 6) is 4.11. The van der Waals surface area contributed by atoms with Gasteiger partial charge in [-0.25, -0.2) is 15.0 Å². The minimum atomic E-state index is 0.467. The minimum Gasteiger partial charge on any atom is -0.455 e. The van der Waals surface area contributed by atoms with Crippen molar-refractivity contribution in [2.75, 3.05) is 0 Å². The second kappa shape index (κ2) is 30.7. The molecule has 0 fully saturated rings. The van der Waals surface area contributed by atoms with Crippen LogP contribution in [0.2, 0.25) is 0 Å². The van der Waals surface area contributed by atoms with Crippen molar-refractivity contribution in [1.29, 1.82) is 0 Å². The molecule has 6 aromatic heterocycles. The molecule has 0 spiro atoms. The summed E-state index contributed by atoms with van der Waals surface area (Å²) in [4.78, 5) is 14.0. The Kier molecular flexibility index (Phi) is 20.1. The second-order valence-corrected chi connectivity index (χ2v) is 30.4. The van der Waals surface area contributed by atoms with Gasteiger partial charge in [-0.05, 0) is 271 Å². The van der Waals surface area contributed by atoms with Crippen LogP contribution in [0.25, 0.3) is 167 Å².